The van der Waals surface area contributed by atoms with Gasteiger partial charge in [0.1, 0.15) is 0 Å². The topological polar surface area (TPSA) is 42.0 Å². The van der Waals surface area contributed by atoms with Crippen molar-refractivity contribution in [1.29, 1.82) is 0 Å². The number of pyridine rings is 1. The minimum Gasteiger partial charge on any atom is -0.320 e. The molecule has 3 nitrogen and oxygen atoms in total. The normalized spacial score (nSPS) is 14.9. The quantitative estimate of drug-likeness (QED) is 0.717. The lowest BCUT2D eigenvalue weighted by Crippen LogP contribution is -2.03. The Bertz CT molecular complexity index is 881. The van der Waals surface area contributed by atoms with Crippen LogP contribution in [0.2, 0.25) is 0 Å². The number of amides is 1. The van der Waals surface area contributed by atoms with E-state index in [0.29, 0.717) is 5.57 Å². The molecule has 4 heteroatoms. The average molecular weight is 304 g/mol. The molecule has 1 aliphatic heterocycles. The second-order valence-electron chi connectivity index (χ2n) is 5.00. The van der Waals surface area contributed by atoms with Crippen LogP contribution in [0.4, 0.5) is 5.69 Å². The Kier molecular flexibility index (Phi) is 3.09. The second kappa shape index (κ2) is 5.24. The fourth-order valence-corrected chi connectivity index (χ4v) is 3.47. The molecule has 0 unspecified atom stereocenters. The minimum atomic E-state index is -0.0716. The predicted molar refractivity (Wildman–Crippen MR) is 90.5 cm³/mol. The van der Waals surface area contributed by atoms with Crippen molar-refractivity contribution < 1.29 is 4.79 Å². The van der Waals surface area contributed by atoms with E-state index in [1.807, 2.05) is 36.4 Å². The van der Waals surface area contributed by atoms with E-state index in [1.165, 1.54) is 10.4 Å². The van der Waals surface area contributed by atoms with Crippen molar-refractivity contribution in [1.82, 2.24) is 4.98 Å². The Morgan fingerprint density at radius 3 is 2.77 bits per heavy atom. The van der Waals surface area contributed by atoms with Crippen LogP contribution in [0.25, 0.3) is 22.1 Å². The lowest BCUT2D eigenvalue weighted by Gasteiger charge is -1.96. The largest absolute Gasteiger partial charge is 0.320 e. The monoisotopic (exact) mass is 304 g/mol. The Balaban J connectivity index is 1.72. The van der Waals surface area contributed by atoms with Gasteiger partial charge in [0.05, 0.1) is 17.5 Å². The highest BCUT2D eigenvalue weighted by Gasteiger charge is 2.23. The molecular formula is C18H12N2OS. The Hall–Kier alpha value is -2.72. The molecule has 0 fully saturated rings. The third-order valence-electron chi connectivity index (χ3n) is 3.58. The Morgan fingerprint density at radius 2 is 1.91 bits per heavy atom. The van der Waals surface area contributed by atoms with Gasteiger partial charge < -0.3 is 5.32 Å². The number of rotatable bonds is 2. The molecule has 0 bridgehead atoms. The molecule has 3 heterocycles. The van der Waals surface area contributed by atoms with Gasteiger partial charge >= 0.3 is 0 Å². The molecule has 0 aliphatic carbocycles. The summed E-state index contributed by atoms with van der Waals surface area (Å²) in [6.45, 7) is 0. The molecule has 106 valence electrons. The molecule has 0 saturated carbocycles. The van der Waals surface area contributed by atoms with Crippen molar-refractivity contribution in [2.24, 2.45) is 0 Å². The van der Waals surface area contributed by atoms with E-state index in [2.05, 4.69) is 28.5 Å². The first-order valence-electron chi connectivity index (χ1n) is 6.94. The van der Waals surface area contributed by atoms with Crippen molar-refractivity contribution in [3.63, 3.8) is 0 Å². The van der Waals surface area contributed by atoms with Crippen molar-refractivity contribution in [3.05, 3.63) is 71.4 Å². The molecule has 2 aromatic heterocycles. The van der Waals surface area contributed by atoms with Crippen molar-refractivity contribution in [2.45, 2.75) is 0 Å². The van der Waals surface area contributed by atoms with Gasteiger partial charge in [0.15, 0.2) is 0 Å². The van der Waals surface area contributed by atoms with Crippen LogP contribution in [-0.2, 0) is 4.79 Å². The summed E-state index contributed by atoms with van der Waals surface area (Å²) in [4.78, 5) is 18.4. The van der Waals surface area contributed by atoms with Gasteiger partial charge in [0.2, 0.25) is 0 Å². The van der Waals surface area contributed by atoms with E-state index in [-0.39, 0.29) is 5.91 Å². The number of carbonyl (C=O) groups excluding carboxylic acids is 1. The smallest absolute Gasteiger partial charge is 0.256 e. The zero-order chi connectivity index (χ0) is 14.9. The third kappa shape index (κ3) is 2.23. The standard InChI is InChI=1S/C18H12N2OS/c21-18-15(14-8-9-19-11-16(14)20-18)10-13-6-7-17(22-13)12-4-2-1-3-5-12/h1-11H,(H,20,21). The summed E-state index contributed by atoms with van der Waals surface area (Å²) >= 11 is 1.68. The molecule has 1 amide bonds. The first-order chi connectivity index (χ1) is 10.8. The number of aromatic nitrogens is 1. The maximum absolute atomic E-state index is 12.1. The molecule has 0 radical (unpaired) electrons. The summed E-state index contributed by atoms with van der Waals surface area (Å²) in [6.07, 6.45) is 5.33. The number of nitrogens with one attached hydrogen (secondary N) is 1. The summed E-state index contributed by atoms with van der Waals surface area (Å²) in [5.74, 6) is -0.0716. The second-order valence-corrected chi connectivity index (χ2v) is 6.12. The number of carbonyl (C=O) groups is 1. The molecule has 3 aromatic rings. The van der Waals surface area contributed by atoms with Crippen LogP contribution in [-0.4, -0.2) is 10.9 Å². The Morgan fingerprint density at radius 1 is 1.05 bits per heavy atom. The number of anilines is 1. The van der Waals surface area contributed by atoms with Crippen molar-refractivity contribution in [2.75, 3.05) is 5.32 Å². The Labute approximate surface area is 132 Å². The minimum absolute atomic E-state index is 0.0716. The van der Waals surface area contributed by atoms with E-state index >= 15 is 0 Å². The number of thiophene rings is 1. The van der Waals surface area contributed by atoms with Crippen LogP contribution in [0, 0.1) is 0 Å². The molecule has 1 aromatic carbocycles. The van der Waals surface area contributed by atoms with Crippen molar-refractivity contribution in [3.8, 4) is 10.4 Å². The zero-order valence-electron chi connectivity index (χ0n) is 11.6. The third-order valence-corrected chi connectivity index (χ3v) is 4.66. The van der Waals surface area contributed by atoms with Crippen LogP contribution >= 0.6 is 11.3 Å². The van der Waals surface area contributed by atoms with Gasteiger partial charge in [-0.2, -0.15) is 0 Å². The van der Waals surface area contributed by atoms with E-state index in [4.69, 9.17) is 0 Å². The zero-order valence-corrected chi connectivity index (χ0v) is 12.4. The van der Waals surface area contributed by atoms with Gasteiger partial charge in [-0.25, -0.2) is 0 Å². The lowest BCUT2D eigenvalue weighted by atomic mass is 10.1. The van der Waals surface area contributed by atoms with Crippen LogP contribution < -0.4 is 5.32 Å². The first-order valence-corrected chi connectivity index (χ1v) is 7.75. The molecule has 0 atom stereocenters. The maximum atomic E-state index is 12.1. The van der Waals surface area contributed by atoms with Crippen LogP contribution in [0.5, 0.6) is 0 Å². The SMILES string of the molecule is O=C1Nc2cnccc2C1=Cc1ccc(-c2ccccc2)s1. The van der Waals surface area contributed by atoms with Gasteiger partial charge in [-0.05, 0) is 29.8 Å². The van der Waals surface area contributed by atoms with Gasteiger partial charge in [0.25, 0.3) is 5.91 Å². The van der Waals surface area contributed by atoms with E-state index < -0.39 is 0 Å². The molecule has 22 heavy (non-hydrogen) atoms. The van der Waals surface area contributed by atoms with E-state index in [1.54, 1.807) is 23.7 Å². The van der Waals surface area contributed by atoms with E-state index in [9.17, 15) is 4.79 Å². The highest BCUT2D eigenvalue weighted by Crippen LogP contribution is 2.35. The van der Waals surface area contributed by atoms with Gasteiger partial charge in [-0.15, -0.1) is 11.3 Å². The fraction of sp³-hybridized carbons (Fsp3) is 0. The number of hydrogen-bond donors (Lipinski definition) is 1. The molecule has 0 saturated heterocycles. The molecule has 0 spiro atoms. The van der Waals surface area contributed by atoms with Crippen LogP contribution in [0.3, 0.4) is 0 Å². The predicted octanol–water partition coefficient (Wildman–Crippen LogP) is 4.30. The summed E-state index contributed by atoms with van der Waals surface area (Å²) in [7, 11) is 0. The molecular weight excluding hydrogens is 292 g/mol. The van der Waals surface area contributed by atoms with Gasteiger partial charge in [0, 0.05) is 21.5 Å². The number of nitrogens with zero attached hydrogens (tertiary/aromatic N) is 1. The van der Waals surface area contributed by atoms with Crippen LogP contribution in [0.15, 0.2) is 60.9 Å². The highest BCUT2D eigenvalue weighted by atomic mass is 32.1. The number of benzene rings is 1. The van der Waals surface area contributed by atoms with Gasteiger partial charge in [-0.3, -0.25) is 9.78 Å². The maximum Gasteiger partial charge on any atom is 0.256 e. The fourth-order valence-electron chi connectivity index (χ4n) is 2.51. The van der Waals surface area contributed by atoms with Gasteiger partial charge in [-0.1, -0.05) is 30.3 Å². The van der Waals surface area contributed by atoms with Crippen molar-refractivity contribution >= 4 is 34.6 Å². The highest BCUT2D eigenvalue weighted by molar-refractivity contribution is 7.16. The molecule has 1 N–H and O–H groups in total. The molecule has 4 rings (SSSR count). The summed E-state index contributed by atoms with van der Waals surface area (Å²) in [5, 5.41) is 2.84. The van der Waals surface area contributed by atoms with Crippen LogP contribution in [0.1, 0.15) is 10.4 Å². The average Bonchev–Trinajstić information content (AvgIpc) is 3.14. The first kappa shape index (κ1) is 13.0. The van der Waals surface area contributed by atoms with E-state index in [0.717, 1.165) is 16.1 Å². The molecule has 1 aliphatic rings. The number of fused-ring (bicyclic) bond motifs is 1. The summed E-state index contributed by atoms with van der Waals surface area (Å²) < 4.78 is 0. The summed E-state index contributed by atoms with van der Waals surface area (Å²) in [5.41, 5.74) is 3.57. The summed E-state index contributed by atoms with van der Waals surface area (Å²) in [6, 6.07) is 16.2. The lowest BCUT2D eigenvalue weighted by molar-refractivity contribution is -0.110. The number of hydrogen-bond acceptors (Lipinski definition) is 3.